The molecule has 1 unspecified atom stereocenters. The normalized spacial score (nSPS) is 18.8. The molecule has 0 radical (unpaired) electrons. The molecule has 2 rings (SSSR count). The fourth-order valence-electron chi connectivity index (χ4n) is 5.32. The van der Waals surface area contributed by atoms with Gasteiger partial charge in [-0.25, -0.2) is 0 Å². The minimum Gasteiger partial charge on any atom is -0.511 e. The highest BCUT2D eigenvalue weighted by atomic mass is 32.2. The van der Waals surface area contributed by atoms with Gasteiger partial charge in [-0.05, 0) is 77.0 Å². The second-order valence-electron chi connectivity index (χ2n) is 17.1. The van der Waals surface area contributed by atoms with Gasteiger partial charge in [0.15, 0.2) is 0 Å². The fourth-order valence-corrected chi connectivity index (χ4v) is 8.19. The summed E-state index contributed by atoms with van der Waals surface area (Å²) in [6.07, 6.45) is 3.23. The van der Waals surface area contributed by atoms with Crippen LogP contribution in [0.2, 0.25) is 0 Å². The van der Waals surface area contributed by atoms with Crippen LogP contribution in [0.4, 0.5) is 0 Å². The number of aliphatic hydroxyl groups excluding tert-OH is 1. The van der Waals surface area contributed by atoms with Crippen molar-refractivity contribution in [1.29, 1.82) is 0 Å². The molecule has 2 N–H and O–H groups in total. The topological polar surface area (TPSA) is 83.8 Å². The Kier molecular flexibility index (Phi) is 11.4. The van der Waals surface area contributed by atoms with Crippen LogP contribution in [0.5, 0.6) is 5.75 Å². The van der Waals surface area contributed by atoms with Crippen molar-refractivity contribution in [3.8, 4) is 5.75 Å². The predicted molar refractivity (Wildman–Crippen MR) is 188 cm³/mol. The zero-order chi connectivity index (χ0) is 34.3. The van der Waals surface area contributed by atoms with Crippen LogP contribution in [-0.2, 0) is 20.4 Å². The molecule has 44 heavy (non-hydrogen) atoms. The van der Waals surface area contributed by atoms with E-state index in [2.05, 4.69) is 122 Å². The number of thioether (sulfide) groups is 2. The second-order valence-corrected chi connectivity index (χ2v) is 20.8. The number of carboxylic acid groups (broad SMARTS) is 1. The van der Waals surface area contributed by atoms with Crippen LogP contribution in [0.15, 0.2) is 39.3 Å². The summed E-state index contributed by atoms with van der Waals surface area (Å²) in [5.41, 5.74) is 1.62. The number of allylic oxidation sites excluding steroid dienone is 4. The van der Waals surface area contributed by atoms with E-state index in [0.717, 1.165) is 28.0 Å². The summed E-state index contributed by atoms with van der Waals surface area (Å²) in [5, 5.41) is 20.5. The predicted octanol–water partition coefficient (Wildman–Crippen LogP) is 11.2. The lowest BCUT2D eigenvalue weighted by atomic mass is 9.61. The van der Waals surface area contributed by atoms with Gasteiger partial charge in [-0.2, -0.15) is 0 Å². The molecule has 0 aromatic heterocycles. The van der Waals surface area contributed by atoms with E-state index in [1.165, 1.54) is 4.91 Å². The Balaban J connectivity index is 2.56. The maximum atomic E-state index is 12.9. The van der Waals surface area contributed by atoms with E-state index in [-0.39, 0.29) is 50.4 Å². The van der Waals surface area contributed by atoms with Crippen LogP contribution in [0.25, 0.3) is 0 Å². The maximum Gasteiger partial charge on any atom is 0.311 e. The number of aliphatic carboxylic acids is 1. The van der Waals surface area contributed by atoms with Gasteiger partial charge in [0, 0.05) is 34.3 Å². The van der Waals surface area contributed by atoms with Gasteiger partial charge in [0.05, 0.1) is 4.08 Å². The third-order valence-corrected chi connectivity index (χ3v) is 11.0. The monoisotopic (exact) mass is 646 g/mol. The first kappa shape index (κ1) is 38.3. The van der Waals surface area contributed by atoms with Gasteiger partial charge in [-0.3, -0.25) is 9.59 Å². The molecule has 0 spiro atoms. The number of benzene rings is 1. The van der Waals surface area contributed by atoms with E-state index in [1.54, 1.807) is 11.8 Å². The van der Waals surface area contributed by atoms with Crippen molar-refractivity contribution in [1.82, 2.24) is 0 Å². The molecule has 0 fully saturated rings. The third kappa shape index (κ3) is 9.57. The summed E-state index contributed by atoms with van der Waals surface area (Å²) in [5.74, 6) is -0.230. The summed E-state index contributed by atoms with van der Waals surface area (Å²) in [7, 11) is 0. The van der Waals surface area contributed by atoms with Gasteiger partial charge in [0.2, 0.25) is 0 Å². The first-order valence-corrected chi connectivity index (χ1v) is 17.4. The molecule has 0 saturated heterocycles. The number of aliphatic hydroxyl groups is 1. The number of esters is 1. The highest BCUT2D eigenvalue weighted by Crippen LogP contribution is 2.58. The molecule has 0 aliphatic heterocycles. The van der Waals surface area contributed by atoms with Crippen molar-refractivity contribution in [2.75, 3.05) is 0 Å². The number of carbonyl (C=O) groups excluding carboxylic acids is 1. The Bertz CT molecular complexity index is 1270. The van der Waals surface area contributed by atoms with Crippen LogP contribution in [0.3, 0.4) is 0 Å². The number of carboxylic acids is 1. The van der Waals surface area contributed by atoms with Crippen molar-refractivity contribution < 1.29 is 24.5 Å². The van der Waals surface area contributed by atoms with Crippen molar-refractivity contribution >= 4 is 35.5 Å². The second kappa shape index (κ2) is 13.1. The lowest BCUT2D eigenvalue weighted by Gasteiger charge is -2.47. The zero-order valence-electron chi connectivity index (χ0n) is 30.0. The largest absolute Gasteiger partial charge is 0.511 e. The molecule has 0 heterocycles. The highest BCUT2D eigenvalue weighted by Gasteiger charge is 2.47. The number of hydrogen-bond acceptors (Lipinski definition) is 6. The minimum atomic E-state index is -0.917. The van der Waals surface area contributed by atoms with Gasteiger partial charge in [-0.15, -0.1) is 23.5 Å². The number of ether oxygens (including phenoxy) is 1. The number of rotatable bonds is 9. The molecule has 5 nitrogen and oxygen atoms in total. The SMILES string of the molecule is CC(C)(SC1=CC(C(C)(C)C)=C(O)C(C)(C(C)(C)C)C1)Sc1cc(C(C)(C)C)c(OC(=O)CCCC(=O)O)c(C(C)(C)C)c1. The third-order valence-electron chi connectivity index (χ3n) is 8.48. The Hall–Kier alpha value is -1.86. The molecule has 1 aromatic rings. The Morgan fingerprint density at radius 3 is 1.73 bits per heavy atom. The van der Waals surface area contributed by atoms with E-state index in [1.807, 2.05) is 11.8 Å². The van der Waals surface area contributed by atoms with Gasteiger partial charge >= 0.3 is 11.9 Å². The van der Waals surface area contributed by atoms with Crippen LogP contribution in [-0.4, -0.2) is 26.2 Å². The van der Waals surface area contributed by atoms with E-state index >= 15 is 0 Å². The van der Waals surface area contributed by atoms with E-state index < -0.39 is 11.9 Å². The summed E-state index contributed by atoms with van der Waals surface area (Å²) in [4.78, 5) is 26.2. The van der Waals surface area contributed by atoms with Gasteiger partial charge < -0.3 is 14.9 Å². The first-order valence-electron chi connectivity index (χ1n) is 15.7. The van der Waals surface area contributed by atoms with Crippen LogP contribution >= 0.6 is 23.5 Å². The van der Waals surface area contributed by atoms with Gasteiger partial charge in [-0.1, -0.05) is 90.0 Å². The Morgan fingerprint density at radius 1 is 0.818 bits per heavy atom. The molecule has 7 heteroatoms. The summed E-state index contributed by atoms with van der Waals surface area (Å²) >= 11 is 3.66. The minimum absolute atomic E-state index is 0.0583. The van der Waals surface area contributed by atoms with Gasteiger partial charge in [0.25, 0.3) is 0 Å². The quantitative estimate of drug-likeness (QED) is 0.119. The Morgan fingerprint density at radius 2 is 1.32 bits per heavy atom. The van der Waals surface area contributed by atoms with Gasteiger partial charge in [0.1, 0.15) is 11.5 Å². The molecule has 1 aromatic carbocycles. The number of carbonyl (C=O) groups is 2. The summed E-state index contributed by atoms with van der Waals surface area (Å²) < 4.78 is 5.81. The fraction of sp³-hybridized carbons (Fsp3) is 0.676. The van der Waals surface area contributed by atoms with Crippen molar-refractivity contribution in [2.24, 2.45) is 16.2 Å². The molecule has 0 saturated carbocycles. The molecular formula is C37H58O5S2. The van der Waals surface area contributed by atoms with Crippen LogP contribution < -0.4 is 4.74 Å². The van der Waals surface area contributed by atoms with E-state index in [9.17, 15) is 14.7 Å². The molecule has 1 aliphatic rings. The van der Waals surface area contributed by atoms with E-state index in [4.69, 9.17) is 9.84 Å². The summed E-state index contributed by atoms with van der Waals surface area (Å²) in [6, 6.07) is 4.31. The van der Waals surface area contributed by atoms with Crippen LogP contribution in [0, 0.1) is 16.2 Å². The molecule has 0 bridgehead atoms. The molecular weight excluding hydrogens is 589 g/mol. The van der Waals surface area contributed by atoms with Crippen molar-refractivity contribution in [3.05, 3.63) is 45.6 Å². The van der Waals surface area contributed by atoms with Crippen molar-refractivity contribution in [2.45, 2.75) is 149 Å². The molecule has 1 aliphatic carbocycles. The smallest absolute Gasteiger partial charge is 0.311 e. The summed E-state index contributed by atoms with van der Waals surface area (Å²) in [6.45, 7) is 32.5. The zero-order valence-corrected chi connectivity index (χ0v) is 31.6. The van der Waals surface area contributed by atoms with Crippen LogP contribution in [0.1, 0.15) is 141 Å². The maximum absolute atomic E-state index is 12.9. The Labute approximate surface area is 276 Å². The molecule has 248 valence electrons. The standard InChI is InChI=1S/C37H58O5S2/c1-32(2,3)25-19-23(20-26(33(4,5)6)30(25)42-29(40)18-16-17-28(38)39)43-36(13,14)44-24-21-27(34(7,8)9)31(41)37(15,22-24)35(10,11)12/h19-21,41H,16-18,22H2,1-15H3,(H,38,39). The lowest BCUT2D eigenvalue weighted by molar-refractivity contribution is -0.137. The molecule has 1 atom stereocenters. The lowest BCUT2D eigenvalue weighted by Crippen LogP contribution is -2.38. The number of hydrogen-bond donors (Lipinski definition) is 2. The average Bonchev–Trinajstić information content (AvgIpc) is 2.78. The average molecular weight is 647 g/mol. The highest BCUT2D eigenvalue weighted by molar-refractivity contribution is 8.20. The van der Waals surface area contributed by atoms with Crippen molar-refractivity contribution in [3.63, 3.8) is 0 Å². The first-order chi connectivity index (χ1) is 19.6. The molecule has 0 amide bonds. The van der Waals surface area contributed by atoms with E-state index in [0.29, 0.717) is 11.5 Å².